The molecule has 0 saturated carbocycles. The number of aldehydes is 1. The van der Waals surface area contributed by atoms with Gasteiger partial charge in [-0.3, -0.25) is 4.79 Å². The van der Waals surface area contributed by atoms with E-state index in [1.54, 1.807) is 0 Å². The van der Waals surface area contributed by atoms with Crippen LogP contribution in [0.3, 0.4) is 0 Å². The lowest BCUT2D eigenvalue weighted by Gasteiger charge is -2.05. The number of hydrogen-bond acceptors (Lipinski definition) is 2. The van der Waals surface area contributed by atoms with Crippen molar-refractivity contribution < 1.29 is 4.79 Å². The molecule has 1 heterocycles. The molecule has 0 aliphatic carbocycles. The molecular weight excluding hydrogens is 233 g/mol. The molecule has 0 saturated heterocycles. The molecule has 2 aromatic rings. The Morgan fingerprint density at radius 1 is 1.33 bits per heavy atom. The van der Waals surface area contributed by atoms with E-state index in [-0.39, 0.29) is 10.7 Å². The molecule has 4 heteroatoms. The lowest BCUT2D eigenvalue weighted by molar-refractivity contribution is 0.112. The predicted molar refractivity (Wildman–Crippen MR) is 61.9 cm³/mol. The van der Waals surface area contributed by atoms with Gasteiger partial charge in [0, 0.05) is 5.39 Å². The van der Waals surface area contributed by atoms with Gasteiger partial charge >= 0.3 is 0 Å². The van der Waals surface area contributed by atoms with Gasteiger partial charge in [0.1, 0.15) is 5.15 Å². The summed E-state index contributed by atoms with van der Waals surface area (Å²) >= 11 is 11.9. The Hall–Kier alpha value is -1.12. The van der Waals surface area contributed by atoms with Crippen molar-refractivity contribution in [1.29, 1.82) is 0 Å². The lowest BCUT2D eigenvalue weighted by Crippen LogP contribution is -1.91. The zero-order chi connectivity index (χ0) is 11.0. The summed E-state index contributed by atoms with van der Waals surface area (Å²) in [6, 6.07) is 5.63. The van der Waals surface area contributed by atoms with E-state index in [1.807, 2.05) is 25.1 Å². The molecule has 2 nitrogen and oxygen atoms in total. The Bertz CT molecular complexity index is 552. The SMILES string of the molecule is Cc1ccc2nc(Cl)c(C=O)c(Cl)c2c1. The molecule has 0 bridgehead atoms. The molecule has 0 aliphatic heterocycles. The molecule has 2 rings (SSSR count). The van der Waals surface area contributed by atoms with Gasteiger partial charge in [0.05, 0.1) is 16.1 Å². The summed E-state index contributed by atoms with van der Waals surface area (Å²) in [5, 5.41) is 1.26. The van der Waals surface area contributed by atoms with E-state index in [4.69, 9.17) is 23.2 Å². The standard InChI is InChI=1S/C11H7Cl2NO/c1-6-2-3-9-7(4-6)10(12)8(5-15)11(13)14-9/h2-5H,1H3. The molecule has 0 fully saturated rings. The maximum Gasteiger partial charge on any atom is 0.154 e. The number of aromatic nitrogens is 1. The van der Waals surface area contributed by atoms with Crippen molar-refractivity contribution in [3.63, 3.8) is 0 Å². The molecule has 15 heavy (non-hydrogen) atoms. The molecule has 1 aromatic carbocycles. The Labute approximate surface area is 96.8 Å². The van der Waals surface area contributed by atoms with Crippen LogP contribution >= 0.6 is 23.2 Å². The summed E-state index contributed by atoms with van der Waals surface area (Å²) in [7, 11) is 0. The minimum Gasteiger partial charge on any atom is -0.298 e. The summed E-state index contributed by atoms with van der Waals surface area (Å²) < 4.78 is 0. The first-order valence-electron chi connectivity index (χ1n) is 4.34. The predicted octanol–water partition coefficient (Wildman–Crippen LogP) is 3.66. The zero-order valence-electron chi connectivity index (χ0n) is 7.92. The van der Waals surface area contributed by atoms with Gasteiger partial charge in [0.15, 0.2) is 6.29 Å². The first-order chi connectivity index (χ1) is 7.13. The van der Waals surface area contributed by atoms with Crippen molar-refractivity contribution in [1.82, 2.24) is 4.98 Å². The summed E-state index contributed by atoms with van der Waals surface area (Å²) in [5.74, 6) is 0. The van der Waals surface area contributed by atoms with E-state index in [9.17, 15) is 4.79 Å². The number of pyridine rings is 1. The zero-order valence-corrected chi connectivity index (χ0v) is 9.43. The average molecular weight is 240 g/mol. The number of aryl methyl sites for hydroxylation is 1. The van der Waals surface area contributed by atoms with Crippen LogP contribution in [0.2, 0.25) is 10.2 Å². The Morgan fingerprint density at radius 2 is 2.07 bits per heavy atom. The molecular formula is C11H7Cl2NO. The summed E-state index contributed by atoms with van der Waals surface area (Å²) in [6.07, 6.45) is 0.624. The third-order valence-electron chi connectivity index (χ3n) is 2.18. The Kier molecular flexibility index (Phi) is 2.63. The van der Waals surface area contributed by atoms with Crippen molar-refractivity contribution in [2.24, 2.45) is 0 Å². The first kappa shape index (κ1) is 10.4. The van der Waals surface area contributed by atoms with Gasteiger partial charge in [-0.15, -0.1) is 0 Å². The maximum absolute atomic E-state index is 10.8. The van der Waals surface area contributed by atoms with Crippen molar-refractivity contribution in [3.8, 4) is 0 Å². The molecule has 0 aliphatic rings. The highest BCUT2D eigenvalue weighted by molar-refractivity contribution is 6.41. The minimum absolute atomic E-state index is 0.145. The number of carbonyl (C=O) groups excluding carboxylic acids is 1. The smallest absolute Gasteiger partial charge is 0.154 e. The summed E-state index contributed by atoms with van der Waals surface area (Å²) in [4.78, 5) is 14.9. The van der Waals surface area contributed by atoms with E-state index in [1.165, 1.54) is 0 Å². The van der Waals surface area contributed by atoms with Crippen LogP contribution in [0.5, 0.6) is 0 Å². The minimum atomic E-state index is 0.145. The number of benzene rings is 1. The average Bonchev–Trinajstić information content (AvgIpc) is 2.20. The van der Waals surface area contributed by atoms with Crippen LogP contribution in [-0.2, 0) is 0 Å². The second-order valence-corrected chi connectivity index (χ2v) is 4.00. The topological polar surface area (TPSA) is 30.0 Å². The van der Waals surface area contributed by atoms with Gasteiger partial charge in [0.25, 0.3) is 0 Å². The van der Waals surface area contributed by atoms with Gasteiger partial charge in [-0.25, -0.2) is 4.98 Å². The molecule has 0 atom stereocenters. The fourth-order valence-corrected chi connectivity index (χ4v) is 1.99. The normalized spacial score (nSPS) is 10.6. The van der Waals surface area contributed by atoms with Gasteiger partial charge < -0.3 is 0 Å². The summed E-state index contributed by atoms with van der Waals surface area (Å²) in [5.41, 5.74) is 2.00. The van der Waals surface area contributed by atoms with Crippen LogP contribution in [0.1, 0.15) is 15.9 Å². The number of nitrogens with zero attached hydrogens (tertiary/aromatic N) is 1. The van der Waals surface area contributed by atoms with E-state index < -0.39 is 0 Å². The molecule has 0 unspecified atom stereocenters. The number of hydrogen-bond donors (Lipinski definition) is 0. The lowest BCUT2D eigenvalue weighted by atomic mass is 10.1. The van der Waals surface area contributed by atoms with E-state index >= 15 is 0 Å². The van der Waals surface area contributed by atoms with Crippen molar-refractivity contribution >= 4 is 40.4 Å². The number of carbonyl (C=O) groups is 1. The van der Waals surface area contributed by atoms with Crippen LogP contribution < -0.4 is 0 Å². The quantitative estimate of drug-likeness (QED) is 0.562. The van der Waals surface area contributed by atoms with Gasteiger partial charge in [-0.05, 0) is 19.1 Å². The van der Waals surface area contributed by atoms with Gasteiger partial charge in [-0.2, -0.15) is 0 Å². The third kappa shape index (κ3) is 1.71. The van der Waals surface area contributed by atoms with Crippen molar-refractivity contribution in [2.45, 2.75) is 6.92 Å². The largest absolute Gasteiger partial charge is 0.298 e. The second kappa shape index (κ2) is 3.80. The number of rotatable bonds is 1. The van der Waals surface area contributed by atoms with Crippen LogP contribution in [0.4, 0.5) is 0 Å². The molecule has 1 aromatic heterocycles. The highest BCUT2D eigenvalue weighted by Crippen LogP contribution is 2.29. The highest BCUT2D eigenvalue weighted by atomic mass is 35.5. The summed E-state index contributed by atoms with van der Waals surface area (Å²) in [6.45, 7) is 1.95. The second-order valence-electron chi connectivity index (χ2n) is 3.27. The number of fused-ring (bicyclic) bond motifs is 1. The molecule has 0 radical (unpaired) electrons. The Morgan fingerprint density at radius 3 is 2.73 bits per heavy atom. The van der Waals surface area contributed by atoms with Crippen LogP contribution in [0.15, 0.2) is 18.2 Å². The third-order valence-corrected chi connectivity index (χ3v) is 2.88. The molecule has 0 amide bonds. The Balaban J connectivity index is 2.92. The van der Waals surface area contributed by atoms with Crippen LogP contribution in [-0.4, -0.2) is 11.3 Å². The van der Waals surface area contributed by atoms with Crippen molar-refractivity contribution in [2.75, 3.05) is 0 Å². The molecule has 76 valence electrons. The monoisotopic (exact) mass is 239 g/mol. The fourth-order valence-electron chi connectivity index (χ4n) is 1.43. The van der Waals surface area contributed by atoms with Gasteiger partial charge in [-0.1, -0.05) is 34.8 Å². The van der Waals surface area contributed by atoms with E-state index in [2.05, 4.69) is 4.98 Å². The number of halogens is 2. The molecule has 0 N–H and O–H groups in total. The highest BCUT2D eigenvalue weighted by Gasteiger charge is 2.11. The van der Waals surface area contributed by atoms with Gasteiger partial charge in [0.2, 0.25) is 0 Å². The first-order valence-corrected chi connectivity index (χ1v) is 5.09. The maximum atomic E-state index is 10.8. The van der Waals surface area contributed by atoms with Crippen LogP contribution in [0, 0.1) is 6.92 Å². The fraction of sp³-hybridized carbons (Fsp3) is 0.0909. The molecule has 0 spiro atoms. The van der Waals surface area contributed by atoms with E-state index in [0.717, 1.165) is 10.9 Å². The van der Waals surface area contributed by atoms with Crippen molar-refractivity contribution in [3.05, 3.63) is 39.5 Å². The van der Waals surface area contributed by atoms with E-state index in [0.29, 0.717) is 16.8 Å². The van der Waals surface area contributed by atoms with Crippen LogP contribution in [0.25, 0.3) is 10.9 Å².